The van der Waals surface area contributed by atoms with E-state index in [-0.39, 0.29) is 5.91 Å². The lowest BCUT2D eigenvalue weighted by molar-refractivity contribution is -0.111. The number of aromatic nitrogens is 1. The van der Waals surface area contributed by atoms with E-state index in [1.165, 1.54) is 6.08 Å². The normalized spacial score (nSPS) is 10.6. The molecule has 0 unspecified atom stereocenters. The smallest absolute Gasteiger partial charge is 0.249 e. The molecule has 17 heavy (non-hydrogen) atoms. The quantitative estimate of drug-likeness (QED) is 0.863. The van der Waals surface area contributed by atoms with E-state index in [1.807, 2.05) is 17.5 Å². The Morgan fingerprint density at radius 1 is 1.41 bits per heavy atom. The maximum Gasteiger partial charge on any atom is 0.249 e. The van der Waals surface area contributed by atoms with Crippen molar-refractivity contribution < 1.29 is 4.79 Å². The summed E-state index contributed by atoms with van der Waals surface area (Å²) in [6, 6.07) is 7.24. The maximum absolute atomic E-state index is 11.6. The Labute approximate surface area is 108 Å². The van der Waals surface area contributed by atoms with Crippen LogP contribution in [0.2, 0.25) is 5.02 Å². The van der Waals surface area contributed by atoms with E-state index in [0.29, 0.717) is 10.8 Å². The topological polar surface area (TPSA) is 42.0 Å². The van der Waals surface area contributed by atoms with Gasteiger partial charge in [-0.15, -0.1) is 11.3 Å². The minimum absolute atomic E-state index is 0.251. The summed E-state index contributed by atoms with van der Waals surface area (Å²) < 4.78 is 0. The molecule has 1 amide bonds. The number of rotatable bonds is 3. The number of nitrogens with one attached hydrogen (secondary N) is 1. The Kier molecular flexibility index (Phi) is 3.90. The second-order valence-electron chi connectivity index (χ2n) is 3.17. The largest absolute Gasteiger partial charge is 0.306 e. The van der Waals surface area contributed by atoms with Gasteiger partial charge in [0.1, 0.15) is 0 Å². The van der Waals surface area contributed by atoms with Crippen molar-refractivity contribution in [3.8, 4) is 0 Å². The van der Waals surface area contributed by atoms with Gasteiger partial charge in [0.25, 0.3) is 0 Å². The van der Waals surface area contributed by atoms with Crippen LogP contribution in [0.15, 0.2) is 41.9 Å². The standard InChI is InChI=1S/C12H9ClN2OS/c13-10-4-1-7-14-12(10)15-11(16)6-5-9-3-2-8-17-9/h1-8H,(H,14,15,16)/b6-5+. The van der Waals surface area contributed by atoms with E-state index >= 15 is 0 Å². The molecule has 86 valence electrons. The van der Waals surface area contributed by atoms with Crippen LogP contribution in [0, 0.1) is 0 Å². The number of nitrogens with zero attached hydrogens (tertiary/aromatic N) is 1. The summed E-state index contributed by atoms with van der Waals surface area (Å²) in [4.78, 5) is 16.6. The second-order valence-corrected chi connectivity index (χ2v) is 4.56. The third-order valence-corrected chi connectivity index (χ3v) is 3.08. The highest BCUT2D eigenvalue weighted by Gasteiger charge is 2.02. The van der Waals surface area contributed by atoms with Crippen LogP contribution in [0.3, 0.4) is 0 Å². The lowest BCUT2D eigenvalue weighted by Gasteiger charge is -2.01. The number of hydrogen-bond acceptors (Lipinski definition) is 3. The van der Waals surface area contributed by atoms with Gasteiger partial charge in [-0.1, -0.05) is 17.7 Å². The molecule has 3 nitrogen and oxygen atoms in total. The second kappa shape index (κ2) is 5.61. The van der Waals surface area contributed by atoms with Crippen LogP contribution in [0.1, 0.15) is 4.88 Å². The van der Waals surface area contributed by atoms with Gasteiger partial charge in [-0.25, -0.2) is 4.98 Å². The van der Waals surface area contributed by atoms with Gasteiger partial charge < -0.3 is 5.32 Å². The van der Waals surface area contributed by atoms with Gasteiger partial charge in [0, 0.05) is 17.2 Å². The molecule has 0 fully saturated rings. The molecule has 0 bridgehead atoms. The molecule has 2 rings (SSSR count). The molecule has 0 aliphatic rings. The number of pyridine rings is 1. The van der Waals surface area contributed by atoms with Crippen molar-refractivity contribution in [2.45, 2.75) is 0 Å². The summed E-state index contributed by atoms with van der Waals surface area (Å²) in [5, 5.41) is 4.98. The van der Waals surface area contributed by atoms with Crippen molar-refractivity contribution in [2.75, 3.05) is 5.32 Å². The molecule has 1 N–H and O–H groups in total. The Morgan fingerprint density at radius 3 is 3.00 bits per heavy atom. The lowest BCUT2D eigenvalue weighted by Crippen LogP contribution is -2.09. The van der Waals surface area contributed by atoms with E-state index in [4.69, 9.17) is 11.6 Å². The van der Waals surface area contributed by atoms with E-state index in [0.717, 1.165) is 4.88 Å². The van der Waals surface area contributed by atoms with Gasteiger partial charge in [-0.3, -0.25) is 4.79 Å². The maximum atomic E-state index is 11.6. The highest BCUT2D eigenvalue weighted by molar-refractivity contribution is 7.10. The van der Waals surface area contributed by atoms with Gasteiger partial charge in [0.15, 0.2) is 5.82 Å². The zero-order valence-corrected chi connectivity index (χ0v) is 10.3. The Morgan fingerprint density at radius 2 is 2.29 bits per heavy atom. The van der Waals surface area contributed by atoms with E-state index < -0.39 is 0 Å². The fraction of sp³-hybridized carbons (Fsp3) is 0. The van der Waals surface area contributed by atoms with Gasteiger partial charge in [-0.2, -0.15) is 0 Å². The summed E-state index contributed by atoms with van der Waals surface area (Å²) in [6.07, 6.45) is 4.78. The minimum Gasteiger partial charge on any atom is -0.306 e. The Balaban J connectivity index is 2.01. The molecule has 0 saturated heterocycles. The van der Waals surface area contributed by atoms with Crippen molar-refractivity contribution in [3.05, 3.63) is 51.8 Å². The number of carbonyl (C=O) groups excluding carboxylic acids is 1. The first-order valence-electron chi connectivity index (χ1n) is 4.89. The van der Waals surface area contributed by atoms with Gasteiger partial charge in [-0.05, 0) is 29.7 Å². The number of thiophene rings is 1. The number of halogens is 1. The Hall–Kier alpha value is -1.65. The zero-order chi connectivity index (χ0) is 12.1. The molecule has 0 aliphatic carbocycles. The summed E-state index contributed by atoms with van der Waals surface area (Å²) in [5.41, 5.74) is 0. The third-order valence-electron chi connectivity index (χ3n) is 1.94. The summed E-state index contributed by atoms with van der Waals surface area (Å²) in [6.45, 7) is 0. The number of hydrogen-bond donors (Lipinski definition) is 1. The van der Waals surface area contributed by atoms with Crippen LogP contribution < -0.4 is 5.32 Å². The van der Waals surface area contributed by atoms with Crippen LogP contribution in [0.25, 0.3) is 6.08 Å². The fourth-order valence-electron chi connectivity index (χ4n) is 1.18. The first-order valence-corrected chi connectivity index (χ1v) is 6.14. The van der Waals surface area contributed by atoms with Crippen molar-refractivity contribution in [2.24, 2.45) is 0 Å². The molecule has 2 heterocycles. The van der Waals surface area contributed by atoms with Gasteiger partial charge in [0.2, 0.25) is 5.91 Å². The van der Waals surface area contributed by atoms with Crippen LogP contribution in [0.4, 0.5) is 5.82 Å². The van der Waals surface area contributed by atoms with Crippen molar-refractivity contribution in [3.63, 3.8) is 0 Å². The van der Waals surface area contributed by atoms with Gasteiger partial charge >= 0.3 is 0 Å². The number of anilines is 1. The predicted octanol–water partition coefficient (Wildman–Crippen LogP) is 3.45. The molecular weight excluding hydrogens is 256 g/mol. The van der Waals surface area contributed by atoms with Crippen molar-refractivity contribution in [1.82, 2.24) is 4.98 Å². The average molecular weight is 265 g/mol. The molecule has 5 heteroatoms. The molecule has 0 spiro atoms. The van der Waals surface area contributed by atoms with Crippen LogP contribution in [0.5, 0.6) is 0 Å². The van der Waals surface area contributed by atoms with Crippen LogP contribution >= 0.6 is 22.9 Å². The molecule has 0 aromatic carbocycles. The fourth-order valence-corrected chi connectivity index (χ4v) is 1.97. The summed E-state index contributed by atoms with van der Waals surface area (Å²) >= 11 is 7.43. The molecule has 0 aliphatic heterocycles. The number of amides is 1. The zero-order valence-electron chi connectivity index (χ0n) is 8.76. The monoisotopic (exact) mass is 264 g/mol. The summed E-state index contributed by atoms with van der Waals surface area (Å²) in [5.74, 6) is 0.119. The highest BCUT2D eigenvalue weighted by atomic mass is 35.5. The predicted molar refractivity (Wildman–Crippen MR) is 71.2 cm³/mol. The Bertz CT molecular complexity index is 537. The van der Waals surface area contributed by atoms with E-state index in [1.54, 1.807) is 35.7 Å². The van der Waals surface area contributed by atoms with Crippen molar-refractivity contribution in [1.29, 1.82) is 0 Å². The third kappa shape index (κ3) is 3.41. The molecule has 0 saturated carbocycles. The highest BCUT2D eigenvalue weighted by Crippen LogP contribution is 2.17. The molecule has 0 atom stereocenters. The van der Waals surface area contributed by atoms with Gasteiger partial charge in [0.05, 0.1) is 5.02 Å². The van der Waals surface area contributed by atoms with Crippen molar-refractivity contribution >= 4 is 40.7 Å². The molecule has 2 aromatic heterocycles. The van der Waals surface area contributed by atoms with E-state index in [2.05, 4.69) is 10.3 Å². The SMILES string of the molecule is O=C(/C=C/c1cccs1)Nc1ncccc1Cl. The minimum atomic E-state index is -0.251. The molecular formula is C12H9ClN2OS. The lowest BCUT2D eigenvalue weighted by atomic mass is 10.4. The average Bonchev–Trinajstić information content (AvgIpc) is 2.82. The van der Waals surface area contributed by atoms with E-state index in [9.17, 15) is 4.79 Å². The first-order chi connectivity index (χ1) is 8.25. The molecule has 0 radical (unpaired) electrons. The van der Waals surface area contributed by atoms with Crippen LogP contribution in [-0.4, -0.2) is 10.9 Å². The summed E-state index contributed by atoms with van der Waals surface area (Å²) in [7, 11) is 0. The molecule has 2 aromatic rings. The first kappa shape index (κ1) is 11.8. The number of carbonyl (C=O) groups is 1. The van der Waals surface area contributed by atoms with Crippen LogP contribution in [-0.2, 0) is 4.79 Å².